The van der Waals surface area contributed by atoms with Crippen LogP contribution in [0.3, 0.4) is 0 Å². The second kappa shape index (κ2) is 8.71. The first-order valence-electron chi connectivity index (χ1n) is 12.8. The second-order valence-corrected chi connectivity index (χ2v) is 12.3. The van der Waals surface area contributed by atoms with E-state index in [4.69, 9.17) is 21.4 Å². The van der Waals surface area contributed by atoms with Crippen molar-refractivity contribution in [1.29, 1.82) is 0 Å². The van der Waals surface area contributed by atoms with E-state index in [-0.39, 0.29) is 22.9 Å². The highest BCUT2D eigenvalue weighted by Crippen LogP contribution is 2.38. The minimum Gasteiger partial charge on any atom is -0.347 e. The fraction of sp³-hybridized carbons (Fsp3) is 0.400. The first-order valence-corrected chi connectivity index (χ1v) is 12.8. The lowest BCUT2D eigenvalue weighted by Crippen LogP contribution is -2.27. The first kappa shape index (κ1) is 24.5. The summed E-state index contributed by atoms with van der Waals surface area (Å²) in [6, 6.07) is 15.1. The number of fused-ring (bicyclic) bond motifs is 3. The molecule has 2 heterocycles. The molecule has 0 saturated carbocycles. The molecule has 0 bridgehead atoms. The lowest BCUT2D eigenvalue weighted by molar-refractivity contribution is 0.316. The maximum atomic E-state index is 6.49. The molecule has 5 rings (SSSR count). The summed E-state index contributed by atoms with van der Waals surface area (Å²) in [6.45, 7) is 12.8. The summed E-state index contributed by atoms with van der Waals surface area (Å²) in [7, 11) is 0. The average molecular weight is 483 g/mol. The number of aromatic amines is 2. The van der Waals surface area contributed by atoms with Crippen LogP contribution in [0.2, 0.25) is 0 Å². The zero-order chi connectivity index (χ0) is 25.8. The second-order valence-electron chi connectivity index (χ2n) is 12.3. The topological polar surface area (TPSA) is 109 Å². The van der Waals surface area contributed by atoms with Gasteiger partial charge in [-0.3, -0.25) is 0 Å². The van der Waals surface area contributed by atoms with Gasteiger partial charge in [0.15, 0.2) is 0 Å². The van der Waals surface area contributed by atoms with Crippen LogP contribution in [0.4, 0.5) is 0 Å². The maximum absolute atomic E-state index is 6.49. The third kappa shape index (κ3) is 4.51. The van der Waals surface area contributed by atoms with Crippen molar-refractivity contribution in [2.45, 2.75) is 66.5 Å². The molecule has 0 amide bonds. The van der Waals surface area contributed by atoms with Gasteiger partial charge in [-0.15, -0.1) is 0 Å². The summed E-state index contributed by atoms with van der Waals surface area (Å²) in [5.41, 5.74) is 22.0. The van der Waals surface area contributed by atoms with Crippen molar-refractivity contribution < 1.29 is 0 Å². The van der Waals surface area contributed by atoms with Crippen LogP contribution in [0.25, 0.3) is 33.6 Å². The smallest absolute Gasteiger partial charge is 0.124 e. The van der Waals surface area contributed by atoms with Crippen molar-refractivity contribution >= 4 is 0 Å². The standard InChI is InChI=1S/C30H38N6/c1-29(2,3)25(31)27-33-16-23(35-27)18-9-7-17(8-10-18)19-11-13-21-20(15-19)12-14-22-24(21)36-28(34-22)26(32)30(4,5)6/h7-11,13,15-16,25-26H,12,14,31-32H2,1-6H3,(H,33,35)(H,34,36)/t25?,26-/m1/s1. The molecule has 6 N–H and O–H groups in total. The Balaban J connectivity index is 1.39. The van der Waals surface area contributed by atoms with Crippen molar-refractivity contribution in [3.8, 4) is 33.6 Å². The number of nitrogens with zero attached hydrogens (tertiary/aromatic N) is 2. The predicted octanol–water partition coefficient (Wildman–Crippen LogP) is 6.32. The molecule has 4 aromatic rings. The van der Waals surface area contributed by atoms with Crippen LogP contribution in [0.5, 0.6) is 0 Å². The van der Waals surface area contributed by atoms with Gasteiger partial charge in [0.1, 0.15) is 11.6 Å². The summed E-state index contributed by atoms with van der Waals surface area (Å²) < 4.78 is 0. The maximum Gasteiger partial charge on any atom is 0.124 e. The molecule has 2 atom stereocenters. The van der Waals surface area contributed by atoms with Gasteiger partial charge in [-0.25, -0.2) is 9.97 Å². The largest absolute Gasteiger partial charge is 0.347 e. The van der Waals surface area contributed by atoms with Gasteiger partial charge in [0.2, 0.25) is 0 Å². The Morgan fingerprint density at radius 2 is 1.36 bits per heavy atom. The summed E-state index contributed by atoms with van der Waals surface area (Å²) >= 11 is 0. The third-order valence-corrected chi connectivity index (χ3v) is 7.37. The number of aryl methyl sites for hydroxylation is 2. The Morgan fingerprint density at radius 1 is 0.750 bits per heavy atom. The monoisotopic (exact) mass is 482 g/mol. The Morgan fingerprint density at radius 3 is 2.03 bits per heavy atom. The normalized spacial score (nSPS) is 15.3. The minimum atomic E-state index is -0.142. The zero-order valence-corrected chi connectivity index (χ0v) is 22.2. The molecule has 1 aliphatic rings. The van der Waals surface area contributed by atoms with Crippen LogP contribution in [0.15, 0.2) is 48.7 Å². The van der Waals surface area contributed by atoms with E-state index < -0.39 is 0 Å². The number of rotatable bonds is 4. The van der Waals surface area contributed by atoms with Gasteiger partial charge in [-0.2, -0.15) is 0 Å². The molecule has 0 radical (unpaired) electrons. The van der Waals surface area contributed by atoms with Gasteiger partial charge in [-0.1, -0.05) is 84.0 Å². The summed E-state index contributed by atoms with van der Waals surface area (Å²) in [6.07, 6.45) is 3.85. The zero-order valence-electron chi connectivity index (χ0n) is 22.2. The molecule has 0 aliphatic heterocycles. The number of benzene rings is 2. The number of hydrogen-bond acceptors (Lipinski definition) is 4. The number of H-pyrrole nitrogens is 2. The minimum absolute atomic E-state index is 0.0462. The average Bonchev–Trinajstić information content (AvgIpc) is 3.49. The van der Waals surface area contributed by atoms with Crippen LogP contribution in [0, 0.1) is 10.8 Å². The third-order valence-electron chi connectivity index (χ3n) is 7.37. The number of imidazole rings is 2. The SMILES string of the molecule is CC(C)(C)C(N)c1nc(-c2ccc(-c3ccc4c(c3)CCc3nc([C@@H](N)C(C)(C)C)[nH]c3-4)cc2)c[nH]1. The number of aromatic nitrogens is 4. The first-order chi connectivity index (χ1) is 16.9. The highest BCUT2D eigenvalue weighted by Gasteiger charge is 2.28. The molecule has 0 fully saturated rings. The van der Waals surface area contributed by atoms with E-state index in [2.05, 4.69) is 94.0 Å². The lowest BCUT2D eigenvalue weighted by atomic mass is 9.87. The van der Waals surface area contributed by atoms with Gasteiger partial charge in [0.05, 0.1) is 29.2 Å². The van der Waals surface area contributed by atoms with E-state index >= 15 is 0 Å². The molecular weight excluding hydrogens is 444 g/mol. The molecule has 6 heteroatoms. The van der Waals surface area contributed by atoms with E-state index in [0.29, 0.717) is 0 Å². The van der Waals surface area contributed by atoms with Crippen molar-refractivity contribution in [2.75, 3.05) is 0 Å². The van der Waals surface area contributed by atoms with Crippen LogP contribution in [-0.4, -0.2) is 19.9 Å². The van der Waals surface area contributed by atoms with Gasteiger partial charge in [0.25, 0.3) is 0 Å². The Bertz CT molecular complexity index is 1380. The van der Waals surface area contributed by atoms with Gasteiger partial charge < -0.3 is 21.4 Å². The van der Waals surface area contributed by atoms with Crippen LogP contribution in [-0.2, 0) is 12.8 Å². The van der Waals surface area contributed by atoms with E-state index in [1.54, 1.807) is 0 Å². The number of nitrogens with two attached hydrogens (primary N) is 2. The Labute approximate surface area is 214 Å². The van der Waals surface area contributed by atoms with Gasteiger partial charge in [-0.05, 0) is 40.4 Å². The highest BCUT2D eigenvalue weighted by molar-refractivity contribution is 5.76. The van der Waals surface area contributed by atoms with Crippen molar-refractivity contribution in [3.63, 3.8) is 0 Å². The Kier molecular flexibility index (Phi) is 5.92. The van der Waals surface area contributed by atoms with E-state index in [1.165, 1.54) is 22.3 Å². The summed E-state index contributed by atoms with van der Waals surface area (Å²) in [5.74, 6) is 1.70. The molecule has 188 valence electrons. The molecule has 1 unspecified atom stereocenters. The molecule has 1 aliphatic carbocycles. The van der Waals surface area contributed by atoms with Crippen LogP contribution < -0.4 is 11.5 Å². The van der Waals surface area contributed by atoms with Gasteiger partial charge >= 0.3 is 0 Å². The molecule has 36 heavy (non-hydrogen) atoms. The van der Waals surface area contributed by atoms with Crippen molar-refractivity contribution in [1.82, 2.24) is 19.9 Å². The van der Waals surface area contributed by atoms with E-state index in [0.717, 1.165) is 47.1 Å². The predicted molar refractivity (Wildman–Crippen MR) is 147 cm³/mol. The summed E-state index contributed by atoms with van der Waals surface area (Å²) in [4.78, 5) is 16.4. The summed E-state index contributed by atoms with van der Waals surface area (Å²) in [5, 5.41) is 0. The Hall–Kier alpha value is -3.22. The molecule has 0 spiro atoms. The van der Waals surface area contributed by atoms with E-state index in [1.807, 2.05) is 6.20 Å². The lowest BCUT2D eigenvalue weighted by Gasteiger charge is -2.25. The fourth-order valence-corrected chi connectivity index (χ4v) is 4.76. The van der Waals surface area contributed by atoms with Crippen LogP contribution >= 0.6 is 0 Å². The van der Waals surface area contributed by atoms with Crippen molar-refractivity contribution in [3.05, 3.63) is 71.6 Å². The molecule has 0 saturated heterocycles. The molecule has 6 nitrogen and oxygen atoms in total. The van der Waals surface area contributed by atoms with Crippen molar-refractivity contribution in [2.24, 2.45) is 22.3 Å². The molecular formula is C30H38N6. The number of hydrogen-bond donors (Lipinski definition) is 4. The fourth-order valence-electron chi connectivity index (χ4n) is 4.76. The van der Waals surface area contributed by atoms with Gasteiger partial charge in [0, 0.05) is 17.3 Å². The quantitative estimate of drug-likeness (QED) is 0.273. The highest BCUT2D eigenvalue weighted by atomic mass is 15.0. The van der Waals surface area contributed by atoms with Crippen LogP contribution in [0.1, 0.15) is 76.5 Å². The van der Waals surface area contributed by atoms with E-state index in [9.17, 15) is 0 Å². The number of nitrogens with one attached hydrogen (secondary N) is 2. The molecule has 2 aromatic heterocycles. The molecule has 2 aromatic carbocycles.